The smallest absolute Gasteiger partial charge is 0.232 e. The van der Waals surface area contributed by atoms with Crippen LogP contribution in [0, 0.1) is 0 Å². The zero-order valence-electron chi connectivity index (χ0n) is 15.6. The molecule has 2 aromatic carbocycles. The minimum atomic E-state index is -0.754. The predicted molar refractivity (Wildman–Crippen MR) is 99.2 cm³/mol. The van der Waals surface area contributed by atoms with E-state index in [1.54, 1.807) is 20.3 Å². The molecule has 0 heterocycles. The molecule has 0 fully saturated rings. The number of benzene rings is 2. The van der Waals surface area contributed by atoms with Crippen molar-refractivity contribution in [3.05, 3.63) is 54.1 Å². The molecule has 0 spiro atoms. The largest absolute Gasteiger partial charge is 0.496 e. The average molecular weight is 378 g/mol. The van der Waals surface area contributed by atoms with E-state index < -0.39 is 6.29 Å². The first kappa shape index (κ1) is 21.0. The highest BCUT2D eigenvalue weighted by atomic mass is 16.8. The minimum Gasteiger partial charge on any atom is -0.496 e. The Balaban J connectivity index is 2.05. The van der Waals surface area contributed by atoms with Gasteiger partial charge < -0.3 is 33.5 Å². The number of aliphatic hydroxyl groups is 1. The molecule has 0 aliphatic heterocycles. The van der Waals surface area contributed by atoms with E-state index in [2.05, 4.69) is 0 Å². The number of aliphatic hydroxyl groups excluding tert-OH is 1. The molecule has 0 amide bonds. The van der Waals surface area contributed by atoms with E-state index in [-0.39, 0.29) is 20.0 Å². The molecule has 0 bridgehead atoms. The predicted octanol–water partition coefficient (Wildman–Crippen LogP) is 2.78. The van der Waals surface area contributed by atoms with E-state index in [0.29, 0.717) is 30.5 Å². The van der Waals surface area contributed by atoms with Crippen LogP contribution in [-0.4, -0.2) is 52.5 Å². The van der Waals surface area contributed by atoms with Gasteiger partial charge in [0.25, 0.3) is 0 Å². The number of hydrogen-bond donors (Lipinski definition) is 1. The number of para-hydroxylation sites is 3. The topological polar surface area (TPSA) is 75.6 Å². The summed E-state index contributed by atoms with van der Waals surface area (Å²) in [5.74, 6) is 1.78. The fraction of sp³-hybridized carbons (Fsp3) is 0.400. The first-order chi connectivity index (χ1) is 13.3. The van der Waals surface area contributed by atoms with Crippen molar-refractivity contribution in [2.75, 3.05) is 47.4 Å². The lowest BCUT2D eigenvalue weighted by molar-refractivity contribution is -0.165. The monoisotopic (exact) mass is 378 g/mol. The quantitative estimate of drug-likeness (QED) is 0.424. The van der Waals surface area contributed by atoms with Gasteiger partial charge in [-0.1, -0.05) is 24.3 Å². The van der Waals surface area contributed by atoms with Crippen molar-refractivity contribution in [2.24, 2.45) is 0 Å². The summed E-state index contributed by atoms with van der Waals surface area (Å²) < 4.78 is 33.1. The van der Waals surface area contributed by atoms with Gasteiger partial charge in [-0.3, -0.25) is 0 Å². The highest BCUT2D eigenvalue weighted by Gasteiger charge is 2.20. The van der Waals surface area contributed by atoms with Crippen molar-refractivity contribution in [1.29, 1.82) is 0 Å². The standard InChI is InChI=1S/C20H26O7/c1-22-17-8-4-3-7-16(17)20(26-15-25-14-13-24-12-11-21)27-19-10-6-5-9-18(19)23-2/h3-10,20-21H,11-15H2,1-2H3. The van der Waals surface area contributed by atoms with Crippen LogP contribution in [0.15, 0.2) is 48.5 Å². The van der Waals surface area contributed by atoms with Crippen LogP contribution in [-0.2, 0) is 14.2 Å². The van der Waals surface area contributed by atoms with Gasteiger partial charge in [0.05, 0.1) is 46.2 Å². The molecule has 7 nitrogen and oxygen atoms in total. The van der Waals surface area contributed by atoms with Gasteiger partial charge in [-0.2, -0.15) is 0 Å². The lowest BCUT2D eigenvalue weighted by Crippen LogP contribution is -2.17. The second-order valence-corrected chi connectivity index (χ2v) is 5.37. The highest BCUT2D eigenvalue weighted by molar-refractivity contribution is 5.41. The maximum Gasteiger partial charge on any atom is 0.232 e. The van der Waals surface area contributed by atoms with Gasteiger partial charge in [-0.05, 0) is 24.3 Å². The van der Waals surface area contributed by atoms with E-state index in [1.165, 1.54) is 0 Å². The molecule has 0 aliphatic carbocycles. The third-order valence-electron chi connectivity index (χ3n) is 3.61. The Labute approximate surface area is 159 Å². The fourth-order valence-corrected chi connectivity index (χ4v) is 2.33. The molecule has 1 N–H and O–H groups in total. The van der Waals surface area contributed by atoms with Crippen LogP contribution in [0.1, 0.15) is 11.9 Å². The molecule has 0 saturated heterocycles. The summed E-state index contributed by atoms with van der Waals surface area (Å²) in [5.41, 5.74) is 0.728. The van der Waals surface area contributed by atoms with Gasteiger partial charge in [0.1, 0.15) is 5.75 Å². The molecular weight excluding hydrogens is 352 g/mol. The summed E-state index contributed by atoms with van der Waals surface area (Å²) in [4.78, 5) is 0. The number of methoxy groups -OCH3 is 2. The first-order valence-electron chi connectivity index (χ1n) is 8.60. The third-order valence-corrected chi connectivity index (χ3v) is 3.61. The average Bonchev–Trinajstić information content (AvgIpc) is 2.72. The molecule has 2 aromatic rings. The van der Waals surface area contributed by atoms with E-state index in [1.807, 2.05) is 42.5 Å². The molecule has 1 unspecified atom stereocenters. The van der Waals surface area contributed by atoms with Gasteiger partial charge in [0.15, 0.2) is 18.3 Å². The lowest BCUT2D eigenvalue weighted by Gasteiger charge is -2.22. The first-order valence-corrected chi connectivity index (χ1v) is 8.60. The van der Waals surface area contributed by atoms with E-state index in [4.69, 9.17) is 33.5 Å². The summed E-state index contributed by atoms with van der Waals surface area (Å²) in [5, 5.41) is 8.67. The zero-order chi connectivity index (χ0) is 19.3. The summed E-state index contributed by atoms with van der Waals surface area (Å²) in [6, 6.07) is 14.8. The van der Waals surface area contributed by atoms with Crippen LogP contribution in [0.25, 0.3) is 0 Å². The van der Waals surface area contributed by atoms with Crippen molar-refractivity contribution >= 4 is 0 Å². The van der Waals surface area contributed by atoms with E-state index in [9.17, 15) is 0 Å². The molecule has 148 valence electrons. The van der Waals surface area contributed by atoms with Crippen LogP contribution < -0.4 is 14.2 Å². The fourth-order valence-electron chi connectivity index (χ4n) is 2.33. The molecule has 0 radical (unpaired) electrons. The third kappa shape index (κ3) is 6.73. The van der Waals surface area contributed by atoms with Gasteiger partial charge in [-0.25, -0.2) is 0 Å². The normalized spacial score (nSPS) is 11.8. The van der Waals surface area contributed by atoms with Gasteiger partial charge >= 0.3 is 0 Å². The van der Waals surface area contributed by atoms with Crippen molar-refractivity contribution in [3.8, 4) is 17.2 Å². The molecule has 2 rings (SSSR count). The molecule has 27 heavy (non-hydrogen) atoms. The Morgan fingerprint density at radius 3 is 2.11 bits per heavy atom. The van der Waals surface area contributed by atoms with Crippen molar-refractivity contribution < 1.29 is 33.5 Å². The van der Waals surface area contributed by atoms with Crippen LogP contribution >= 0.6 is 0 Å². The maximum absolute atomic E-state index is 8.67. The lowest BCUT2D eigenvalue weighted by atomic mass is 10.2. The Bertz CT molecular complexity index is 662. The van der Waals surface area contributed by atoms with Crippen LogP contribution in [0.4, 0.5) is 0 Å². The van der Waals surface area contributed by atoms with Crippen LogP contribution in [0.2, 0.25) is 0 Å². The maximum atomic E-state index is 8.67. The number of hydrogen-bond acceptors (Lipinski definition) is 7. The molecule has 0 saturated carbocycles. The summed E-state index contributed by atoms with van der Waals surface area (Å²) >= 11 is 0. The molecule has 7 heteroatoms. The summed E-state index contributed by atoms with van der Waals surface area (Å²) in [7, 11) is 3.17. The van der Waals surface area contributed by atoms with Crippen molar-refractivity contribution in [2.45, 2.75) is 6.29 Å². The Morgan fingerprint density at radius 1 is 0.778 bits per heavy atom. The van der Waals surface area contributed by atoms with Gasteiger partial charge in [-0.15, -0.1) is 0 Å². The highest BCUT2D eigenvalue weighted by Crippen LogP contribution is 2.34. The van der Waals surface area contributed by atoms with Crippen molar-refractivity contribution in [1.82, 2.24) is 0 Å². The van der Waals surface area contributed by atoms with E-state index >= 15 is 0 Å². The number of rotatable bonds is 13. The second-order valence-electron chi connectivity index (χ2n) is 5.37. The van der Waals surface area contributed by atoms with Crippen LogP contribution in [0.5, 0.6) is 17.2 Å². The number of ether oxygens (including phenoxy) is 6. The minimum absolute atomic E-state index is 0.000347. The molecular formula is C20H26O7. The second kappa shape index (κ2) is 12.1. The van der Waals surface area contributed by atoms with Crippen molar-refractivity contribution in [3.63, 3.8) is 0 Å². The Hall–Kier alpha value is -2.32. The summed E-state index contributed by atoms with van der Waals surface area (Å²) in [6.07, 6.45) is -0.754. The molecule has 1 atom stereocenters. The Morgan fingerprint density at radius 2 is 1.41 bits per heavy atom. The Kier molecular flexibility index (Phi) is 9.43. The molecule has 0 aliphatic rings. The molecule has 0 aromatic heterocycles. The van der Waals surface area contributed by atoms with Gasteiger partial charge in [0, 0.05) is 0 Å². The summed E-state index contributed by atoms with van der Waals surface area (Å²) in [6.45, 7) is 0.981. The SMILES string of the molecule is COc1ccccc1OC(OCOCCOCCO)c1ccccc1OC. The van der Waals surface area contributed by atoms with Gasteiger partial charge in [0.2, 0.25) is 6.29 Å². The zero-order valence-corrected chi connectivity index (χ0v) is 15.6. The van der Waals surface area contributed by atoms with E-state index in [0.717, 1.165) is 5.56 Å². The van der Waals surface area contributed by atoms with Crippen LogP contribution in [0.3, 0.4) is 0 Å².